The van der Waals surface area contributed by atoms with Gasteiger partial charge in [-0.25, -0.2) is 14.6 Å². The maximum absolute atomic E-state index is 13.4. The van der Waals surface area contributed by atoms with Gasteiger partial charge in [-0.1, -0.05) is 25.8 Å². The molecule has 40 heavy (non-hydrogen) atoms. The highest BCUT2D eigenvalue weighted by atomic mass is 32.2. The molecule has 0 saturated carbocycles. The number of thioether (sulfide) groups is 1. The minimum Gasteiger partial charge on any atom is -0.477 e. The maximum Gasteiger partial charge on any atom is 0.413 e. The van der Waals surface area contributed by atoms with E-state index in [9.17, 15) is 29.1 Å². The number of anilines is 1. The van der Waals surface area contributed by atoms with Crippen LogP contribution in [0.4, 0.5) is 9.93 Å². The van der Waals surface area contributed by atoms with Crippen molar-refractivity contribution >= 4 is 63.6 Å². The quantitative estimate of drug-likeness (QED) is 0.149. The lowest BCUT2D eigenvalue weighted by Gasteiger charge is -2.49. The van der Waals surface area contributed by atoms with Crippen molar-refractivity contribution in [2.24, 2.45) is 0 Å². The Balaban J connectivity index is 1.76. The van der Waals surface area contributed by atoms with Crippen molar-refractivity contribution < 1.29 is 38.6 Å². The summed E-state index contributed by atoms with van der Waals surface area (Å²) in [6, 6.07) is -0.945. The Bertz CT molecular complexity index is 1230. The summed E-state index contributed by atoms with van der Waals surface area (Å²) in [5.41, 5.74) is -0.0220. The van der Waals surface area contributed by atoms with Crippen LogP contribution in [-0.2, 0) is 28.7 Å². The van der Waals surface area contributed by atoms with E-state index < -0.39 is 46.9 Å². The van der Waals surface area contributed by atoms with Crippen LogP contribution in [0, 0.1) is 0 Å². The molecule has 1 fully saturated rings. The average Bonchev–Trinajstić information content (AvgIpc) is 3.31. The molecular weight excluding hydrogens is 560 g/mol. The number of β-lactam (4-membered cyclic amide) rings is 1. The van der Waals surface area contributed by atoms with E-state index in [1.807, 2.05) is 0 Å². The van der Waals surface area contributed by atoms with Crippen molar-refractivity contribution in [2.75, 3.05) is 17.7 Å². The molecule has 218 valence electrons. The lowest BCUT2D eigenvalue weighted by Crippen LogP contribution is -2.70. The van der Waals surface area contributed by atoms with Crippen LogP contribution in [0.2, 0.25) is 0 Å². The third kappa shape index (κ3) is 7.84. The molecule has 3 heterocycles. The number of rotatable bonds is 11. The number of aliphatic carboxylic acids is 1. The second kappa shape index (κ2) is 13.3. The summed E-state index contributed by atoms with van der Waals surface area (Å²) in [6.07, 6.45) is 4.52. The molecule has 1 aromatic heterocycles. The third-order valence-electron chi connectivity index (χ3n) is 5.77. The molecule has 12 nitrogen and oxygen atoms in total. The highest BCUT2D eigenvalue weighted by Gasteiger charge is 2.54. The Hall–Kier alpha value is -3.39. The molecule has 0 radical (unpaired) electrons. The first-order valence-electron chi connectivity index (χ1n) is 12.8. The molecule has 14 heteroatoms. The van der Waals surface area contributed by atoms with Crippen LogP contribution in [0.25, 0.3) is 5.57 Å². The van der Waals surface area contributed by atoms with E-state index >= 15 is 0 Å². The molecule has 1 aromatic rings. The van der Waals surface area contributed by atoms with Gasteiger partial charge in [-0.3, -0.25) is 24.6 Å². The predicted molar refractivity (Wildman–Crippen MR) is 150 cm³/mol. The second-order valence-corrected chi connectivity index (χ2v) is 12.1. The number of fused-ring (bicyclic) bond motifs is 1. The van der Waals surface area contributed by atoms with Gasteiger partial charge >= 0.3 is 18.0 Å². The minimum absolute atomic E-state index is 0.223. The third-order valence-corrected chi connectivity index (χ3v) is 7.87. The number of carbonyl (C=O) groups is 5. The van der Waals surface area contributed by atoms with Crippen molar-refractivity contribution in [3.63, 3.8) is 0 Å². The first-order valence-corrected chi connectivity index (χ1v) is 14.8. The number of allylic oxidation sites excluding steroid dienone is 1. The van der Waals surface area contributed by atoms with Crippen LogP contribution in [-0.4, -0.2) is 74.2 Å². The van der Waals surface area contributed by atoms with E-state index in [4.69, 9.17) is 9.47 Å². The predicted octanol–water partition coefficient (Wildman–Crippen LogP) is 3.76. The number of esters is 1. The zero-order valence-corrected chi connectivity index (χ0v) is 24.7. The fraction of sp³-hybridized carbons (Fsp3) is 0.538. The second-order valence-electron chi connectivity index (χ2n) is 10.2. The molecule has 0 bridgehead atoms. The lowest BCUT2D eigenvalue weighted by molar-refractivity contribution is -0.150. The number of hydrogen-bond donors (Lipinski definition) is 3. The van der Waals surface area contributed by atoms with Crippen LogP contribution in [0.1, 0.15) is 66.0 Å². The maximum atomic E-state index is 13.4. The van der Waals surface area contributed by atoms with Gasteiger partial charge in [0.2, 0.25) is 0 Å². The Morgan fingerprint density at radius 2 is 1.98 bits per heavy atom. The highest BCUT2D eigenvalue weighted by molar-refractivity contribution is 8.00. The fourth-order valence-electron chi connectivity index (χ4n) is 4.00. The van der Waals surface area contributed by atoms with Crippen molar-refractivity contribution in [3.8, 4) is 0 Å². The van der Waals surface area contributed by atoms with Gasteiger partial charge < -0.3 is 19.9 Å². The zero-order valence-electron chi connectivity index (χ0n) is 23.1. The van der Waals surface area contributed by atoms with Crippen LogP contribution in [0.3, 0.4) is 0 Å². The van der Waals surface area contributed by atoms with E-state index in [-0.39, 0.29) is 28.8 Å². The minimum atomic E-state index is -1.31. The number of thiazole rings is 1. The highest BCUT2D eigenvalue weighted by Crippen LogP contribution is 2.40. The number of amides is 3. The SMILES string of the molecule is CCCCC/C=C(\C(=O)NC1C(=O)N2C(C(=O)O)=C(COC(C)=O)CS[C@H]12)c1csc(NC(=O)OC(C)(C)C)n1. The van der Waals surface area contributed by atoms with Crippen LogP contribution in [0.5, 0.6) is 0 Å². The lowest BCUT2D eigenvalue weighted by atomic mass is 10.0. The van der Waals surface area contributed by atoms with Crippen LogP contribution in [0.15, 0.2) is 22.7 Å². The summed E-state index contributed by atoms with van der Waals surface area (Å²) in [4.78, 5) is 67.2. The standard InChI is InChI=1S/C26H34N4O8S2/c1-6-7-8-9-10-16(17-13-40-24(27-17)29-25(36)38-26(3,4)5)20(32)28-18-21(33)30-19(23(34)35)15(11-37-14(2)31)12-39-22(18)30/h10,13,18,22H,6-9,11-12H2,1-5H3,(H,28,32)(H,34,35)(H,27,29,36)/b16-10-/t18?,22-/m1/s1. The number of carboxylic acid groups (broad SMARTS) is 1. The monoisotopic (exact) mass is 594 g/mol. The first kappa shape index (κ1) is 31.1. The van der Waals surface area contributed by atoms with Gasteiger partial charge in [-0.05, 0) is 33.6 Å². The summed E-state index contributed by atoms with van der Waals surface area (Å²) in [5, 5.41) is 16.3. The molecule has 3 rings (SSSR count). The number of carbonyl (C=O) groups excluding carboxylic acids is 4. The molecular formula is C26H34N4O8S2. The molecule has 0 aromatic carbocycles. The fourth-order valence-corrected chi connectivity index (χ4v) is 6.03. The molecule has 2 aliphatic heterocycles. The number of nitrogens with zero attached hydrogens (tertiary/aromatic N) is 2. The van der Waals surface area contributed by atoms with Gasteiger partial charge in [0.15, 0.2) is 5.13 Å². The normalized spacial score (nSPS) is 19.0. The summed E-state index contributed by atoms with van der Waals surface area (Å²) in [6.45, 7) is 8.28. The van der Waals surface area contributed by atoms with Gasteiger partial charge in [0.25, 0.3) is 11.8 Å². The molecule has 0 aliphatic carbocycles. The summed E-state index contributed by atoms with van der Waals surface area (Å²) in [5.74, 6) is -2.75. The zero-order chi connectivity index (χ0) is 29.6. The van der Waals surface area contributed by atoms with Crippen molar-refractivity contribution in [1.29, 1.82) is 0 Å². The average molecular weight is 595 g/mol. The van der Waals surface area contributed by atoms with Crippen LogP contribution >= 0.6 is 23.1 Å². The number of nitrogens with one attached hydrogen (secondary N) is 2. The van der Waals surface area contributed by atoms with E-state index in [1.54, 1.807) is 32.2 Å². The molecule has 1 unspecified atom stereocenters. The number of ether oxygens (including phenoxy) is 2. The van der Waals surface area contributed by atoms with E-state index in [2.05, 4.69) is 22.5 Å². The topological polar surface area (TPSA) is 164 Å². The molecule has 2 atom stereocenters. The van der Waals surface area contributed by atoms with Crippen molar-refractivity contribution in [3.05, 3.63) is 28.4 Å². The van der Waals surface area contributed by atoms with Crippen molar-refractivity contribution in [2.45, 2.75) is 77.3 Å². The molecule has 0 spiro atoms. The Kier molecular flexibility index (Phi) is 10.4. The number of carboxylic acids is 1. The van der Waals surface area contributed by atoms with Gasteiger partial charge in [0.1, 0.15) is 29.3 Å². The van der Waals surface area contributed by atoms with E-state index in [1.165, 1.54) is 18.7 Å². The molecule has 3 amide bonds. The molecule has 2 aliphatic rings. The number of hydrogen-bond acceptors (Lipinski definition) is 10. The summed E-state index contributed by atoms with van der Waals surface area (Å²) >= 11 is 2.41. The largest absolute Gasteiger partial charge is 0.477 e. The van der Waals surface area contributed by atoms with E-state index in [0.717, 1.165) is 35.5 Å². The van der Waals surface area contributed by atoms with Gasteiger partial charge in [0, 0.05) is 23.6 Å². The summed E-state index contributed by atoms with van der Waals surface area (Å²) in [7, 11) is 0. The Morgan fingerprint density at radius 3 is 2.60 bits per heavy atom. The van der Waals surface area contributed by atoms with Gasteiger partial charge in [-0.15, -0.1) is 23.1 Å². The number of aromatic nitrogens is 1. The van der Waals surface area contributed by atoms with Gasteiger partial charge in [0.05, 0.1) is 11.3 Å². The molecule has 1 saturated heterocycles. The smallest absolute Gasteiger partial charge is 0.413 e. The Morgan fingerprint density at radius 1 is 1.25 bits per heavy atom. The summed E-state index contributed by atoms with van der Waals surface area (Å²) < 4.78 is 10.2. The van der Waals surface area contributed by atoms with Crippen LogP contribution < -0.4 is 10.6 Å². The van der Waals surface area contributed by atoms with E-state index in [0.29, 0.717) is 17.7 Å². The number of unbranched alkanes of at least 4 members (excludes halogenated alkanes) is 3. The first-order chi connectivity index (χ1) is 18.8. The van der Waals surface area contributed by atoms with Crippen molar-refractivity contribution in [1.82, 2.24) is 15.2 Å². The molecule has 3 N–H and O–H groups in total. The Labute approximate surface area is 240 Å². The van der Waals surface area contributed by atoms with Gasteiger partial charge in [-0.2, -0.15) is 0 Å².